The van der Waals surface area contributed by atoms with Crippen molar-refractivity contribution in [1.29, 1.82) is 5.26 Å². The van der Waals surface area contributed by atoms with E-state index in [0.29, 0.717) is 16.1 Å². The van der Waals surface area contributed by atoms with Gasteiger partial charge in [0.05, 0.1) is 16.1 Å². The highest BCUT2D eigenvalue weighted by atomic mass is 32.1. The largest absolute Gasteiger partial charge is 0.309 e. The monoisotopic (exact) mass is 256 g/mol. The van der Waals surface area contributed by atoms with Crippen molar-refractivity contribution >= 4 is 22.9 Å². The van der Waals surface area contributed by atoms with Gasteiger partial charge in [-0.25, -0.2) is 0 Å². The summed E-state index contributed by atoms with van der Waals surface area (Å²) >= 11 is 1.42. The molecule has 1 heterocycles. The van der Waals surface area contributed by atoms with Crippen molar-refractivity contribution < 1.29 is 4.79 Å². The Morgan fingerprint density at radius 3 is 2.67 bits per heavy atom. The molecule has 18 heavy (non-hydrogen) atoms. The van der Waals surface area contributed by atoms with Gasteiger partial charge in [-0.05, 0) is 36.1 Å². The number of thiophene rings is 1. The van der Waals surface area contributed by atoms with Crippen LogP contribution in [0.4, 0.5) is 5.69 Å². The van der Waals surface area contributed by atoms with Crippen LogP contribution in [0.1, 0.15) is 20.8 Å². The molecule has 90 valence electrons. The van der Waals surface area contributed by atoms with Crippen molar-refractivity contribution in [2.75, 3.05) is 11.9 Å². The van der Waals surface area contributed by atoms with E-state index >= 15 is 0 Å². The molecule has 0 saturated heterocycles. The molecule has 0 spiro atoms. The number of para-hydroxylation sites is 1. The molecule has 1 aromatic heterocycles. The molecular weight excluding hydrogens is 244 g/mol. The normalized spacial score (nSPS) is 9.83. The third kappa shape index (κ3) is 2.13. The van der Waals surface area contributed by atoms with Crippen LogP contribution in [0.3, 0.4) is 0 Å². The first-order valence-electron chi connectivity index (χ1n) is 5.46. The molecule has 0 N–H and O–H groups in total. The van der Waals surface area contributed by atoms with Crippen LogP contribution in [0.5, 0.6) is 0 Å². The Kier molecular flexibility index (Phi) is 3.45. The van der Waals surface area contributed by atoms with Gasteiger partial charge >= 0.3 is 0 Å². The molecule has 0 aliphatic carbocycles. The Bertz CT molecular complexity index is 625. The van der Waals surface area contributed by atoms with Crippen LogP contribution < -0.4 is 4.90 Å². The second kappa shape index (κ2) is 5.03. The van der Waals surface area contributed by atoms with E-state index in [1.807, 2.05) is 24.4 Å². The van der Waals surface area contributed by atoms with Gasteiger partial charge in [0, 0.05) is 7.05 Å². The standard InChI is InChI=1S/C14H12N2OS/c1-10-7-8-18-13(10)14(17)16(2)12-6-4-3-5-11(12)9-15/h3-8H,1-2H3. The predicted octanol–water partition coefficient (Wildman–Crippen LogP) is 3.20. The molecule has 4 heteroatoms. The summed E-state index contributed by atoms with van der Waals surface area (Å²) in [4.78, 5) is 14.6. The number of nitriles is 1. The first-order chi connectivity index (χ1) is 8.65. The number of rotatable bonds is 2. The van der Waals surface area contributed by atoms with E-state index in [0.717, 1.165) is 5.56 Å². The van der Waals surface area contributed by atoms with E-state index in [9.17, 15) is 4.79 Å². The van der Waals surface area contributed by atoms with E-state index in [-0.39, 0.29) is 5.91 Å². The molecule has 0 aliphatic rings. The lowest BCUT2D eigenvalue weighted by Gasteiger charge is -2.18. The average molecular weight is 256 g/mol. The quantitative estimate of drug-likeness (QED) is 0.828. The minimum Gasteiger partial charge on any atom is -0.309 e. The molecule has 0 radical (unpaired) electrons. The Morgan fingerprint density at radius 1 is 1.33 bits per heavy atom. The molecule has 0 saturated carbocycles. The smallest absolute Gasteiger partial charge is 0.268 e. The molecule has 2 rings (SSSR count). The predicted molar refractivity (Wildman–Crippen MR) is 72.9 cm³/mol. The van der Waals surface area contributed by atoms with Gasteiger partial charge in [0.15, 0.2) is 0 Å². The van der Waals surface area contributed by atoms with Crippen molar-refractivity contribution in [1.82, 2.24) is 0 Å². The number of benzene rings is 1. The van der Waals surface area contributed by atoms with Crippen LogP contribution in [-0.2, 0) is 0 Å². The zero-order valence-corrected chi connectivity index (χ0v) is 11.0. The van der Waals surface area contributed by atoms with Gasteiger partial charge in [0.2, 0.25) is 0 Å². The third-order valence-electron chi connectivity index (χ3n) is 2.75. The molecule has 0 atom stereocenters. The van der Waals surface area contributed by atoms with Crippen LogP contribution >= 0.6 is 11.3 Å². The zero-order valence-electron chi connectivity index (χ0n) is 10.2. The van der Waals surface area contributed by atoms with Crippen molar-refractivity contribution in [3.63, 3.8) is 0 Å². The van der Waals surface area contributed by atoms with Gasteiger partial charge in [-0.2, -0.15) is 5.26 Å². The van der Waals surface area contributed by atoms with Gasteiger partial charge in [-0.1, -0.05) is 12.1 Å². The van der Waals surface area contributed by atoms with Crippen LogP contribution in [-0.4, -0.2) is 13.0 Å². The van der Waals surface area contributed by atoms with Gasteiger partial charge < -0.3 is 4.90 Å². The second-order valence-electron chi connectivity index (χ2n) is 3.93. The molecule has 0 unspecified atom stereocenters. The van der Waals surface area contributed by atoms with Crippen LogP contribution in [0.25, 0.3) is 0 Å². The number of hydrogen-bond acceptors (Lipinski definition) is 3. The lowest BCUT2D eigenvalue weighted by Crippen LogP contribution is -2.26. The summed E-state index contributed by atoms with van der Waals surface area (Å²) in [6, 6.07) is 11.1. The van der Waals surface area contributed by atoms with Gasteiger partial charge in [-0.15, -0.1) is 11.3 Å². The first kappa shape index (κ1) is 12.3. The highest BCUT2D eigenvalue weighted by molar-refractivity contribution is 7.12. The summed E-state index contributed by atoms with van der Waals surface area (Å²) < 4.78 is 0. The molecule has 0 aliphatic heterocycles. The fourth-order valence-corrected chi connectivity index (χ4v) is 2.61. The number of carbonyl (C=O) groups is 1. The SMILES string of the molecule is Cc1ccsc1C(=O)N(C)c1ccccc1C#N. The van der Waals surface area contributed by atoms with Crippen LogP contribution in [0.15, 0.2) is 35.7 Å². The summed E-state index contributed by atoms with van der Waals surface area (Å²) in [5.41, 5.74) is 2.10. The maximum absolute atomic E-state index is 12.3. The Balaban J connectivity index is 2.38. The van der Waals surface area contributed by atoms with Crippen molar-refractivity contribution in [3.05, 3.63) is 51.7 Å². The van der Waals surface area contributed by atoms with Gasteiger partial charge in [0.1, 0.15) is 6.07 Å². The topological polar surface area (TPSA) is 44.1 Å². The highest BCUT2D eigenvalue weighted by Crippen LogP contribution is 2.23. The summed E-state index contributed by atoms with van der Waals surface area (Å²) in [6.07, 6.45) is 0. The minimum absolute atomic E-state index is 0.0785. The molecule has 0 fully saturated rings. The first-order valence-corrected chi connectivity index (χ1v) is 6.34. The lowest BCUT2D eigenvalue weighted by atomic mass is 10.1. The Hall–Kier alpha value is -2.12. The highest BCUT2D eigenvalue weighted by Gasteiger charge is 2.18. The van der Waals surface area contributed by atoms with Crippen LogP contribution in [0.2, 0.25) is 0 Å². The third-order valence-corrected chi connectivity index (χ3v) is 3.75. The van der Waals surface area contributed by atoms with Crippen molar-refractivity contribution in [2.45, 2.75) is 6.92 Å². The van der Waals surface area contributed by atoms with E-state index < -0.39 is 0 Å². The number of aryl methyl sites for hydroxylation is 1. The Morgan fingerprint density at radius 2 is 2.06 bits per heavy atom. The van der Waals surface area contributed by atoms with E-state index in [2.05, 4.69) is 6.07 Å². The second-order valence-corrected chi connectivity index (χ2v) is 4.84. The number of amides is 1. The molecular formula is C14H12N2OS. The summed E-state index contributed by atoms with van der Waals surface area (Å²) in [5.74, 6) is -0.0785. The van der Waals surface area contributed by atoms with Crippen molar-refractivity contribution in [3.8, 4) is 6.07 Å². The van der Waals surface area contributed by atoms with Crippen molar-refractivity contribution in [2.24, 2.45) is 0 Å². The molecule has 0 bridgehead atoms. The molecule has 1 aromatic carbocycles. The maximum atomic E-state index is 12.3. The molecule has 1 amide bonds. The fourth-order valence-electron chi connectivity index (χ4n) is 1.71. The summed E-state index contributed by atoms with van der Waals surface area (Å²) in [5, 5.41) is 10.9. The number of anilines is 1. The Labute approximate surface area is 110 Å². The zero-order chi connectivity index (χ0) is 13.1. The summed E-state index contributed by atoms with van der Waals surface area (Å²) in [6.45, 7) is 1.91. The minimum atomic E-state index is -0.0785. The van der Waals surface area contributed by atoms with Gasteiger partial charge in [0.25, 0.3) is 5.91 Å². The van der Waals surface area contributed by atoms with E-state index in [1.54, 1.807) is 25.2 Å². The molecule has 2 aromatic rings. The van der Waals surface area contributed by atoms with Crippen LogP contribution in [0, 0.1) is 18.3 Å². The summed E-state index contributed by atoms with van der Waals surface area (Å²) in [7, 11) is 1.69. The average Bonchev–Trinajstić information content (AvgIpc) is 2.83. The van der Waals surface area contributed by atoms with E-state index in [1.165, 1.54) is 16.2 Å². The number of carbonyl (C=O) groups excluding carboxylic acids is 1. The fraction of sp³-hybridized carbons (Fsp3) is 0.143. The maximum Gasteiger partial charge on any atom is 0.268 e. The number of hydrogen-bond donors (Lipinski definition) is 0. The molecule has 3 nitrogen and oxygen atoms in total. The lowest BCUT2D eigenvalue weighted by molar-refractivity contribution is 0.0996. The number of nitrogens with zero attached hydrogens (tertiary/aromatic N) is 2. The van der Waals surface area contributed by atoms with E-state index in [4.69, 9.17) is 5.26 Å². The van der Waals surface area contributed by atoms with Gasteiger partial charge in [-0.3, -0.25) is 4.79 Å².